The average Bonchev–Trinajstić information content (AvgIpc) is 3.39. The summed E-state index contributed by atoms with van der Waals surface area (Å²) in [6, 6.07) is 7.66. The fourth-order valence-electron chi connectivity index (χ4n) is 3.90. The van der Waals surface area contributed by atoms with Gasteiger partial charge < -0.3 is 19.5 Å². The number of piperidine rings is 1. The van der Waals surface area contributed by atoms with E-state index in [4.69, 9.17) is 4.42 Å². The Morgan fingerprint density at radius 3 is 2.59 bits per heavy atom. The van der Waals surface area contributed by atoms with Gasteiger partial charge >= 0.3 is 0 Å². The molecule has 0 radical (unpaired) electrons. The van der Waals surface area contributed by atoms with Crippen molar-refractivity contribution in [2.75, 3.05) is 24.5 Å². The van der Waals surface area contributed by atoms with E-state index in [1.165, 1.54) is 23.5 Å². The average molecular weight is 399 g/mol. The van der Waals surface area contributed by atoms with Crippen LogP contribution in [0.25, 0.3) is 0 Å². The van der Waals surface area contributed by atoms with Gasteiger partial charge in [-0.3, -0.25) is 14.4 Å². The van der Waals surface area contributed by atoms with Crippen molar-refractivity contribution < 1.29 is 23.2 Å². The number of nitrogens with zero attached hydrogens (tertiary/aromatic N) is 2. The van der Waals surface area contributed by atoms with E-state index >= 15 is 0 Å². The molecule has 0 unspecified atom stereocenters. The Morgan fingerprint density at radius 2 is 1.90 bits per heavy atom. The first-order valence-corrected chi connectivity index (χ1v) is 9.69. The summed E-state index contributed by atoms with van der Waals surface area (Å²) in [5.41, 5.74) is 0.726. The van der Waals surface area contributed by atoms with E-state index in [0.29, 0.717) is 31.5 Å². The molecule has 3 heterocycles. The summed E-state index contributed by atoms with van der Waals surface area (Å²) < 4.78 is 18.9. The van der Waals surface area contributed by atoms with Crippen molar-refractivity contribution in [3.05, 3.63) is 54.2 Å². The largest absolute Gasteiger partial charge is 0.472 e. The number of para-hydroxylation sites is 1. The second-order valence-electron chi connectivity index (χ2n) is 7.44. The van der Waals surface area contributed by atoms with Crippen LogP contribution in [-0.4, -0.2) is 48.3 Å². The lowest BCUT2D eigenvalue weighted by molar-refractivity contribution is -0.127. The lowest BCUT2D eigenvalue weighted by Gasteiger charge is -2.32. The first-order chi connectivity index (χ1) is 14.0. The molecule has 0 aliphatic carbocycles. The van der Waals surface area contributed by atoms with Crippen LogP contribution >= 0.6 is 0 Å². The van der Waals surface area contributed by atoms with Crippen LogP contribution in [0.4, 0.5) is 10.1 Å². The number of carbonyl (C=O) groups excluding carboxylic acids is 3. The molecule has 4 rings (SSSR count). The van der Waals surface area contributed by atoms with Crippen LogP contribution in [0.3, 0.4) is 0 Å². The maximum atomic E-state index is 14.0. The molecular formula is C21H22FN3O4. The first kappa shape index (κ1) is 19.2. The zero-order chi connectivity index (χ0) is 20.4. The number of nitrogens with one attached hydrogen (secondary N) is 1. The maximum absolute atomic E-state index is 14.0. The van der Waals surface area contributed by atoms with Crippen molar-refractivity contribution in [2.45, 2.75) is 25.3 Å². The van der Waals surface area contributed by atoms with Crippen molar-refractivity contribution in [1.29, 1.82) is 0 Å². The predicted octanol–water partition coefficient (Wildman–Crippen LogP) is 2.19. The van der Waals surface area contributed by atoms with Crippen molar-refractivity contribution in [3.8, 4) is 0 Å². The molecule has 2 aliphatic heterocycles. The van der Waals surface area contributed by atoms with Gasteiger partial charge in [-0.15, -0.1) is 0 Å². The number of rotatable bonds is 4. The molecule has 0 saturated carbocycles. The number of benzene rings is 1. The highest BCUT2D eigenvalue weighted by atomic mass is 19.1. The molecule has 8 heteroatoms. The molecule has 0 bridgehead atoms. The topological polar surface area (TPSA) is 82.9 Å². The summed E-state index contributed by atoms with van der Waals surface area (Å²) in [4.78, 5) is 40.4. The quantitative estimate of drug-likeness (QED) is 0.854. The molecule has 2 fully saturated rings. The second-order valence-corrected chi connectivity index (χ2v) is 7.44. The van der Waals surface area contributed by atoms with Crippen LogP contribution in [0.1, 0.15) is 29.6 Å². The Morgan fingerprint density at radius 1 is 1.14 bits per heavy atom. The third-order valence-corrected chi connectivity index (χ3v) is 5.54. The van der Waals surface area contributed by atoms with Gasteiger partial charge in [-0.2, -0.15) is 0 Å². The molecule has 7 nitrogen and oxygen atoms in total. The van der Waals surface area contributed by atoms with Crippen molar-refractivity contribution in [2.24, 2.45) is 5.92 Å². The molecular weight excluding hydrogens is 377 g/mol. The Hall–Kier alpha value is -3.16. The van der Waals surface area contributed by atoms with Gasteiger partial charge in [0.15, 0.2) is 0 Å². The minimum Gasteiger partial charge on any atom is -0.472 e. The molecule has 152 valence electrons. The number of hydrogen-bond acceptors (Lipinski definition) is 4. The van der Waals surface area contributed by atoms with E-state index in [2.05, 4.69) is 5.32 Å². The van der Waals surface area contributed by atoms with Gasteiger partial charge in [-0.05, 0) is 31.0 Å². The summed E-state index contributed by atoms with van der Waals surface area (Å²) in [5, 5.41) is 2.99. The molecule has 1 aromatic carbocycles. The Kier molecular flexibility index (Phi) is 5.33. The van der Waals surface area contributed by atoms with Gasteiger partial charge in [-0.1, -0.05) is 12.1 Å². The first-order valence-electron chi connectivity index (χ1n) is 9.69. The molecule has 0 spiro atoms. The van der Waals surface area contributed by atoms with Gasteiger partial charge in [0.1, 0.15) is 12.1 Å². The van der Waals surface area contributed by atoms with E-state index in [9.17, 15) is 18.8 Å². The van der Waals surface area contributed by atoms with E-state index in [0.717, 1.165) is 0 Å². The van der Waals surface area contributed by atoms with Gasteiger partial charge in [-0.25, -0.2) is 4.39 Å². The number of hydrogen-bond donors (Lipinski definition) is 1. The molecule has 1 aromatic heterocycles. The number of halogens is 1. The van der Waals surface area contributed by atoms with Gasteiger partial charge in [0, 0.05) is 32.1 Å². The lowest BCUT2D eigenvalue weighted by atomic mass is 10.0. The smallest absolute Gasteiger partial charge is 0.257 e. The van der Waals surface area contributed by atoms with Crippen LogP contribution in [0.2, 0.25) is 0 Å². The minimum absolute atomic E-state index is 0.0477. The minimum atomic E-state index is -0.507. The summed E-state index contributed by atoms with van der Waals surface area (Å²) >= 11 is 0. The highest BCUT2D eigenvalue weighted by molar-refractivity contribution is 6.00. The van der Waals surface area contributed by atoms with E-state index < -0.39 is 11.7 Å². The molecule has 3 amide bonds. The van der Waals surface area contributed by atoms with Crippen LogP contribution in [0.5, 0.6) is 0 Å². The number of furan rings is 1. The van der Waals surface area contributed by atoms with Crippen molar-refractivity contribution in [1.82, 2.24) is 10.2 Å². The highest BCUT2D eigenvalue weighted by Gasteiger charge is 2.37. The Balaban J connectivity index is 1.30. The summed E-state index contributed by atoms with van der Waals surface area (Å²) in [5.74, 6) is -1.51. The van der Waals surface area contributed by atoms with Crippen LogP contribution in [-0.2, 0) is 9.59 Å². The van der Waals surface area contributed by atoms with E-state index in [1.807, 2.05) is 0 Å². The van der Waals surface area contributed by atoms with Gasteiger partial charge in [0.2, 0.25) is 11.8 Å². The zero-order valence-corrected chi connectivity index (χ0v) is 15.8. The Bertz CT molecular complexity index is 906. The summed E-state index contributed by atoms with van der Waals surface area (Å²) in [6.45, 7) is 1.25. The third kappa shape index (κ3) is 4.01. The molecule has 1 atom stereocenters. The Labute approximate surface area is 167 Å². The molecule has 1 N–H and O–H groups in total. The number of anilines is 1. The van der Waals surface area contributed by atoms with Crippen LogP contribution < -0.4 is 10.2 Å². The monoisotopic (exact) mass is 399 g/mol. The highest BCUT2D eigenvalue weighted by Crippen LogP contribution is 2.27. The van der Waals surface area contributed by atoms with Crippen LogP contribution in [0.15, 0.2) is 47.3 Å². The van der Waals surface area contributed by atoms with Crippen molar-refractivity contribution >= 4 is 23.4 Å². The molecule has 2 aliphatic rings. The van der Waals surface area contributed by atoms with Gasteiger partial charge in [0.05, 0.1) is 23.4 Å². The van der Waals surface area contributed by atoms with E-state index in [1.54, 1.807) is 29.2 Å². The molecule has 2 aromatic rings. The standard InChI is InChI=1S/C21H22FN3O4/c22-17-3-1-2-4-18(17)25-12-15(11-19(25)26)20(27)23-16-5-8-24(9-6-16)21(28)14-7-10-29-13-14/h1-4,7,10,13,15-16H,5-6,8-9,11-12H2,(H,23,27)/t15-/m1/s1. The summed E-state index contributed by atoms with van der Waals surface area (Å²) in [7, 11) is 0. The predicted molar refractivity (Wildman–Crippen MR) is 103 cm³/mol. The van der Waals surface area contributed by atoms with Crippen molar-refractivity contribution in [3.63, 3.8) is 0 Å². The third-order valence-electron chi connectivity index (χ3n) is 5.54. The SMILES string of the molecule is O=C(NC1CCN(C(=O)c2ccoc2)CC1)[C@@H]1CC(=O)N(c2ccccc2F)C1. The number of amides is 3. The molecule has 29 heavy (non-hydrogen) atoms. The number of likely N-dealkylation sites (tertiary alicyclic amines) is 1. The number of carbonyl (C=O) groups is 3. The lowest BCUT2D eigenvalue weighted by Crippen LogP contribution is -2.48. The second kappa shape index (κ2) is 8.06. The maximum Gasteiger partial charge on any atom is 0.257 e. The fraction of sp³-hybridized carbons (Fsp3) is 0.381. The zero-order valence-electron chi connectivity index (χ0n) is 15.8. The van der Waals surface area contributed by atoms with Crippen LogP contribution in [0, 0.1) is 11.7 Å². The fourth-order valence-corrected chi connectivity index (χ4v) is 3.90. The normalized spacial score (nSPS) is 20.2. The van der Waals surface area contributed by atoms with Gasteiger partial charge in [0.25, 0.3) is 5.91 Å². The summed E-state index contributed by atoms with van der Waals surface area (Å²) in [6.07, 6.45) is 4.25. The van der Waals surface area contributed by atoms with E-state index in [-0.39, 0.29) is 42.4 Å². The molecule has 2 saturated heterocycles.